The minimum absolute atomic E-state index is 0.0891. The van der Waals surface area contributed by atoms with E-state index in [-0.39, 0.29) is 17.4 Å². The number of carbonyl (C=O) groups is 2. The summed E-state index contributed by atoms with van der Waals surface area (Å²) in [5.74, 6) is 0.169. The first kappa shape index (κ1) is 17.2. The highest BCUT2D eigenvalue weighted by molar-refractivity contribution is 8.23. The van der Waals surface area contributed by atoms with Crippen molar-refractivity contribution in [3.63, 3.8) is 0 Å². The lowest BCUT2D eigenvalue weighted by molar-refractivity contribution is -0.123. The van der Waals surface area contributed by atoms with E-state index in [1.54, 1.807) is 24.3 Å². The summed E-state index contributed by atoms with van der Waals surface area (Å²) in [6.45, 7) is 0. The van der Waals surface area contributed by atoms with Gasteiger partial charge in [0.15, 0.2) is 15.8 Å². The zero-order valence-corrected chi connectivity index (χ0v) is 14.6. The minimum Gasteiger partial charge on any atom is -0.493 e. The highest BCUT2D eigenvalue weighted by Gasteiger charge is 2.26. The number of hydrogen-bond acceptors (Lipinski definition) is 8. The van der Waals surface area contributed by atoms with Gasteiger partial charge in [-0.3, -0.25) is 4.79 Å². The molecule has 9 heteroatoms. The molecule has 2 heterocycles. The predicted molar refractivity (Wildman–Crippen MR) is 96.2 cm³/mol. The molecule has 7 nitrogen and oxygen atoms in total. The first-order valence-electron chi connectivity index (χ1n) is 7.06. The minimum atomic E-state index is -0.630. The number of carbonyl (C=O) groups excluding carboxylic acids is 2. The molecule has 1 saturated heterocycles. The third-order valence-electron chi connectivity index (χ3n) is 3.16. The van der Waals surface area contributed by atoms with Crippen molar-refractivity contribution in [2.75, 3.05) is 12.9 Å². The van der Waals surface area contributed by atoms with Crippen LogP contribution in [-0.2, 0) is 4.79 Å². The van der Waals surface area contributed by atoms with Gasteiger partial charge in [0.2, 0.25) is 5.76 Å². The molecule has 0 atom stereocenters. The van der Waals surface area contributed by atoms with Crippen molar-refractivity contribution in [2.45, 2.75) is 0 Å². The Bertz CT molecular complexity index is 832. The van der Waals surface area contributed by atoms with Crippen molar-refractivity contribution in [1.29, 1.82) is 0 Å². The quantitative estimate of drug-likeness (QED) is 0.343. The second-order valence-electron chi connectivity index (χ2n) is 4.78. The van der Waals surface area contributed by atoms with E-state index in [4.69, 9.17) is 26.1 Å². The Morgan fingerprint density at radius 1 is 1.40 bits per heavy atom. The summed E-state index contributed by atoms with van der Waals surface area (Å²) in [5, 5.41) is 5.26. The average Bonchev–Trinajstić information content (AvgIpc) is 3.25. The first-order valence-corrected chi connectivity index (χ1v) is 8.45. The van der Waals surface area contributed by atoms with Crippen LogP contribution < -0.4 is 9.47 Å². The van der Waals surface area contributed by atoms with Crippen LogP contribution in [0.2, 0.25) is 0 Å². The molecule has 1 aromatic carbocycles. The van der Waals surface area contributed by atoms with Crippen LogP contribution in [0.5, 0.6) is 11.5 Å². The molecule has 0 aliphatic carbocycles. The van der Waals surface area contributed by atoms with E-state index < -0.39 is 5.97 Å². The van der Waals surface area contributed by atoms with Crippen LogP contribution in [0.3, 0.4) is 0 Å². The van der Waals surface area contributed by atoms with Gasteiger partial charge < -0.3 is 13.9 Å². The maximum absolute atomic E-state index is 11.9. The van der Waals surface area contributed by atoms with E-state index >= 15 is 0 Å². The second kappa shape index (κ2) is 7.49. The van der Waals surface area contributed by atoms with Crippen LogP contribution in [0.15, 0.2) is 46.1 Å². The first-order chi connectivity index (χ1) is 12.1. The molecule has 0 unspecified atom stereocenters. The molecule has 1 fully saturated rings. The van der Waals surface area contributed by atoms with Crippen LogP contribution in [0, 0.1) is 0 Å². The summed E-state index contributed by atoms with van der Waals surface area (Å²) in [6.07, 6.45) is 2.87. The number of ether oxygens (including phenoxy) is 2. The van der Waals surface area contributed by atoms with E-state index in [0.29, 0.717) is 21.4 Å². The highest BCUT2D eigenvalue weighted by Crippen LogP contribution is 2.28. The summed E-state index contributed by atoms with van der Waals surface area (Å²) < 4.78 is 15.9. The lowest BCUT2D eigenvalue weighted by Gasteiger charge is -2.10. The maximum Gasteiger partial charge on any atom is 0.379 e. The molecule has 3 rings (SSSR count). The molecule has 1 amide bonds. The Hall–Kier alpha value is -2.65. The van der Waals surface area contributed by atoms with Gasteiger partial charge >= 0.3 is 5.97 Å². The van der Waals surface area contributed by atoms with Crippen LogP contribution in [-0.4, -0.2) is 40.3 Å². The van der Waals surface area contributed by atoms with E-state index in [9.17, 15) is 9.59 Å². The van der Waals surface area contributed by atoms with E-state index in [0.717, 1.165) is 0 Å². The molecule has 1 aromatic heterocycles. The number of rotatable bonds is 5. The number of methoxy groups -OCH3 is 1. The molecule has 0 spiro atoms. The Balaban J connectivity index is 1.76. The number of hydrogen-bond donors (Lipinski definition) is 0. The molecule has 25 heavy (non-hydrogen) atoms. The van der Waals surface area contributed by atoms with E-state index in [1.807, 2.05) is 0 Å². The molecular formula is C16H12N2O5S2. The SMILES string of the molecule is COc1cc(C=NN2C(=O)CSC2=S)ccc1OC(=O)c1ccco1. The van der Waals surface area contributed by atoms with Crippen molar-refractivity contribution in [2.24, 2.45) is 5.10 Å². The molecule has 0 saturated carbocycles. The van der Waals surface area contributed by atoms with Gasteiger partial charge in [-0.25, -0.2) is 4.79 Å². The second-order valence-corrected chi connectivity index (χ2v) is 6.39. The summed E-state index contributed by atoms with van der Waals surface area (Å²) >= 11 is 6.32. The highest BCUT2D eigenvalue weighted by atomic mass is 32.2. The largest absolute Gasteiger partial charge is 0.493 e. The van der Waals surface area contributed by atoms with Crippen molar-refractivity contribution >= 4 is 46.4 Å². The Morgan fingerprint density at radius 3 is 2.88 bits per heavy atom. The molecule has 1 aliphatic heterocycles. The van der Waals surface area contributed by atoms with Crippen LogP contribution in [0.4, 0.5) is 0 Å². The Kier molecular flexibility index (Phi) is 5.15. The van der Waals surface area contributed by atoms with Crippen molar-refractivity contribution < 1.29 is 23.5 Å². The summed E-state index contributed by atoms with van der Waals surface area (Å²) in [4.78, 5) is 23.6. The number of furan rings is 1. The molecule has 128 valence electrons. The number of benzene rings is 1. The number of thioether (sulfide) groups is 1. The maximum atomic E-state index is 11.9. The van der Waals surface area contributed by atoms with Gasteiger partial charge in [0.25, 0.3) is 5.91 Å². The molecular weight excluding hydrogens is 364 g/mol. The topological polar surface area (TPSA) is 81.3 Å². The third kappa shape index (κ3) is 3.89. The van der Waals surface area contributed by atoms with Gasteiger partial charge in [0.1, 0.15) is 0 Å². The number of amides is 1. The summed E-state index contributed by atoms with van der Waals surface area (Å²) in [7, 11) is 1.45. The Labute approximate surface area is 152 Å². The monoisotopic (exact) mass is 376 g/mol. The van der Waals surface area contributed by atoms with Gasteiger partial charge in [-0.1, -0.05) is 24.0 Å². The van der Waals surface area contributed by atoms with Crippen molar-refractivity contribution in [1.82, 2.24) is 5.01 Å². The van der Waals surface area contributed by atoms with Gasteiger partial charge in [-0.15, -0.1) is 0 Å². The fraction of sp³-hybridized carbons (Fsp3) is 0.125. The zero-order chi connectivity index (χ0) is 17.8. The fourth-order valence-corrected chi connectivity index (χ4v) is 2.94. The number of thiocarbonyl (C=S) groups is 1. The molecule has 0 radical (unpaired) electrons. The molecule has 1 aliphatic rings. The zero-order valence-electron chi connectivity index (χ0n) is 13.0. The standard InChI is InChI=1S/C16H12N2O5S2/c1-21-13-7-10(8-17-18-14(19)9-25-16(18)24)4-5-11(13)23-15(20)12-3-2-6-22-12/h2-8H,9H2,1H3. The van der Waals surface area contributed by atoms with Crippen molar-refractivity contribution in [3.05, 3.63) is 47.9 Å². The third-order valence-corrected chi connectivity index (χ3v) is 4.50. The number of nitrogens with zero attached hydrogens (tertiary/aromatic N) is 2. The van der Waals surface area contributed by atoms with Gasteiger partial charge in [0.05, 0.1) is 25.3 Å². The average molecular weight is 376 g/mol. The summed E-state index contributed by atoms with van der Waals surface area (Å²) in [6, 6.07) is 7.97. The van der Waals surface area contributed by atoms with Gasteiger partial charge in [-0.2, -0.15) is 10.1 Å². The predicted octanol–water partition coefficient (Wildman–Crippen LogP) is 2.70. The molecule has 0 bridgehead atoms. The number of esters is 1. The van der Waals surface area contributed by atoms with Crippen LogP contribution in [0.25, 0.3) is 0 Å². The van der Waals surface area contributed by atoms with Gasteiger partial charge in [0, 0.05) is 0 Å². The van der Waals surface area contributed by atoms with E-state index in [1.165, 1.54) is 42.4 Å². The van der Waals surface area contributed by atoms with Crippen molar-refractivity contribution in [3.8, 4) is 11.5 Å². The number of hydrazone groups is 1. The summed E-state index contributed by atoms with van der Waals surface area (Å²) in [5.41, 5.74) is 0.655. The normalized spacial score (nSPS) is 14.4. The van der Waals surface area contributed by atoms with E-state index in [2.05, 4.69) is 5.10 Å². The fourth-order valence-electron chi connectivity index (χ4n) is 1.98. The van der Waals surface area contributed by atoms with Crippen LogP contribution in [0.1, 0.15) is 16.1 Å². The lowest BCUT2D eigenvalue weighted by Crippen LogP contribution is -2.22. The van der Waals surface area contributed by atoms with Crippen LogP contribution >= 0.6 is 24.0 Å². The Morgan fingerprint density at radius 2 is 2.24 bits per heavy atom. The molecule has 0 N–H and O–H groups in total. The molecule has 2 aromatic rings. The van der Waals surface area contributed by atoms with Gasteiger partial charge in [-0.05, 0) is 35.9 Å². The lowest BCUT2D eigenvalue weighted by atomic mass is 10.2. The smallest absolute Gasteiger partial charge is 0.379 e.